The smallest absolute Gasteiger partial charge is 0.271 e. The van der Waals surface area contributed by atoms with Crippen molar-refractivity contribution in [3.05, 3.63) is 64.9 Å². The van der Waals surface area contributed by atoms with Gasteiger partial charge in [0.2, 0.25) is 0 Å². The van der Waals surface area contributed by atoms with Crippen LogP contribution >= 0.6 is 0 Å². The molecule has 1 aromatic heterocycles. The first kappa shape index (κ1) is 18.4. The van der Waals surface area contributed by atoms with Gasteiger partial charge in [0.15, 0.2) is 0 Å². The number of furan rings is 1. The van der Waals surface area contributed by atoms with Crippen LogP contribution in [0, 0.1) is 11.3 Å². The third kappa shape index (κ3) is 3.59. The lowest BCUT2D eigenvalue weighted by atomic mass is 9.94. The summed E-state index contributed by atoms with van der Waals surface area (Å²) < 4.78 is 5.79. The molecule has 2 aromatic rings. The molecule has 1 atom stereocenters. The van der Waals surface area contributed by atoms with Gasteiger partial charge in [0.25, 0.3) is 11.8 Å². The standard InChI is InChI=1S/C21H18N2O4/c1-13(24)12-23-20(25)17(14(2)18(11-22)21(23)26)10-16-8-9-19(27-16)15-6-4-3-5-7-15/h3-10,13,24H,12H2,1-2H3/b17-10-. The Morgan fingerprint density at radius 1 is 1.19 bits per heavy atom. The van der Waals surface area contributed by atoms with Crippen LogP contribution in [-0.4, -0.2) is 34.5 Å². The number of hydrogen-bond acceptors (Lipinski definition) is 5. The monoisotopic (exact) mass is 362 g/mol. The average molecular weight is 362 g/mol. The molecule has 0 saturated heterocycles. The minimum Gasteiger partial charge on any atom is -0.457 e. The van der Waals surface area contributed by atoms with Gasteiger partial charge in [-0.25, -0.2) is 0 Å². The summed E-state index contributed by atoms with van der Waals surface area (Å²) >= 11 is 0. The first-order chi connectivity index (χ1) is 12.9. The fourth-order valence-corrected chi connectivity index (χ4v) is 2.89. The van der Waals surface area contributed by atoms with Gasteiger partial charge in [-0.15, -0.1) is 0 Å². The number of aliphatic hydroxyl groups is 1. The number of benzene rings is 1. The summed E-state index contributed by atoms with van der Waals surface area (Å²) in [7, 11) is 0. The molecule has 6 nitrogen and oxygen atoms in total. The second-order valence-electron chi connectivity index (χ2n) is 6.31. The second kappa shape index (κ2) is 7.44. The van der Waals surface area contributed by atoms with E-state index in [2.05, 4.69) is 0 Å². The van der Waals surface area contributed by atoms with Crippen LogP contribution in [0.1, 0.15) is 19.6 Å². The van der Waals surface area contributed by atoms with Crippen LogP contribution in [0.2, 0.25) is 0 Å². The molecular weight excluding hydrogens is 344 g/mol. The molecule has 2 heterocycles. The zero-order chi connectivity index (χ0) is 19.6. The first-order valence-corrected chi connectivity index (χ1v) is 8.45. The van der Waals surface area contributed by atoms with Crippen LogP contribution < -0.4 is 0 Å². The van der Waals surface area contributed by atoms with Crippen LogP contribution in [0.25, 0.3) is 17.4 Å². The molecule has 0 aliphatic carbocycles. The molecule has 0 bridgehead atoms. The number of aliphatic hydroxyl groups excluding tert-OH is 1. The summed E-state index contributed by atoms with van der Waals surface area (Å²) in [5.41, 5.74) is 1.28. The van der Waals surface area contributed by atoms with E-state index in [0.717, 1.165) is 10.5 Å². The van der Waals surface area contributed by atoms with E-state index < -0.39 is 17.9 Å². The molecule has 1 unspecified atom stereocenters. The van der Waals surface area contributed by atoms with Gasteiger partial charge in [-0.2, -0.15) is 5.26 Å². The van der Waals surface area contributed by atoms with Crippen molar-refractivity contribution in [2.24, 2.45) is 0 Å². The van der Waals surface area contributed by atoms with Crippen molar-refractivity contribution in [2.45, 2.75) is 20.0 Å². The Kier molecular flexibility index (Phi) is 5.06. The molecule has 0 fully saturated rings. The Labute approximate surface area is 156 Å². The van der Waals surface area contributed by atoms with E-state index >= 15 is 0 Å². The SMILES string of the molecule is CC1=C(C#N)C(=O)N(CC(C)O)C(=O)/C1=C\c1ccc(-c2ccccc2)o1. The molecular formula is C21H18N2O4. The first-order valence-electron chi connectivity index (χ1n) is 8.45. The summed E-state index contributed by atoms with van der Waals surface area (Å²) in [5, 5.41) is 18.9. The maximum atomic E-state index is 12.8. The van der Waals surface area contributed by atoms with Crippen molar-refractivity contribution in [1.29, 1.82) is 5.26 Å². The predicted octanol–water partition coefficient (Wildman–Crippen LogP) is 2.92. The van der Waals surface area contributed by atoms with E-state index in [9.17, 15) is 20.0 Å². The van der Waals surface area contributed by atoms with E-state index in [1.165, 1.54) is 13.0 Å². The molecule has 3 rings (SSSR count). The van der Waals surface area contributed by atoms with Gasteiger partial charge in [-0.3, -0.25) is 14.5 Å². The molecule has 1 N–H and O–H groups in total. The number of nitriles is 1. The molecule has 0 saturated carbocycles. The summed E-state index contributed by atoms with van der Waals surface area (Å²) in [6.45, 7) is 2.85. The number of rotatable bonds is 4. The molecule has 0 radical (unpaired) electrons. The highest BCUT2D eigenvalue weighted by molar-refractivity contribution is 6.19. The van der Waals surface area contributed by atoms with Crippen molar-refractivity contribution >= 4 is 17.9 Å². The van der Waals surface area contributed by atoms with E-state index in [1.807, 2.05) is 36.4 Å². The number of β-amino-alcohol motifs (C(OH)–C–C–N with tert-alkyl or cyclic N) is 1. The van der Waals surface area contributed by atoms with Gasteiger partial charge in [0.05, 0.1) is 12.6 Å². The van der Waals surface area contributed by atoms with E-state index in [0.29, 0.717) is 17.1 Å². The Balaban J connectivity index is 2.02. The number of amides is 2. The Morgan fingerprint density at radius 3 is 2.52 bits per heavy atom. The molecule has 1 aliphatic heterocycles. The van der Waals surface area contributed by atoms with E-state index in [1.54, 1.807) is 19.1 Å². The van der Waals surface area contributed by atoms with Crippen molar-refractivity contribution in [3.8, 4) is 17.4 Å². The zero-order valence-electron chi connectivity index (χ0n) is 15.0. The van der Waals surface area contributed by atoms with Gasteiger partial charge in [0.1, 0.15) is 23.2 Å². The van der Waals surface area contributed by atoms with Crippen molar-refractivity contribution in [1.82, 2.24) is 4.90 Å². The molecule has 136 valence electrons. The normalized spacial score (nSPS) is 17.4. The Hall–Kier alpha value is -3.43. The third-order valence-electron chi connectivity index (χ3n) is 4.24. The number of nitrogens with zero attached hydrogens (tertiary/aromatic N) is 2. The van der Waals surface area contributed by atoms with Gasteiger partial charge < -0.3 is 9.52 Å². The van der Waals surface area contributed by atoms with Gasteiger partial charge in [-0.1, -0.05) is 30.3 Å². The zero-order valence-corrected chi connectivity index (χ0v) is 15.0. The highest BCUT2D eigenvalue weighted by atomic mass is 16.3. The topological polar surface area (TPSA) is 94.5 Å². The summed E-state index contributed by atoms with van der Waals surface area (Å²) in [5.74, 6) is -0.178. The number of imide groups is 1. The lowest BCUT2D eigenvalue weighted by Gasteiger charge is -2.28. The van der Waals surface area contributed by atoms with Gasteiger partial charge in [-0.05, 0) is 37.6 Å². The molecule has 2 amide bonds. The molecule has 0 spiro atoms. The Bertz CT molecular complexity index is 991. The molecule has 1 aliphatic rings. The number of hydrogen-bond donors (Lipinski definition) is 1. The number of carbonyl (C=O) groups is 2. The quantitative estimate of drug-likeness (QED) is 0.666. The molecule has 6 heteroatoms. The molecule has 1 aromatic carbocycles. The maximum Gasteiger partial charge on any atom is 0.271 e. The van der Waals surface area contributed by atoms with Crippen LogP contribution in [0.3, 0.4) is 0 Å². The van der Waals surface area contributed by atoms with E-state index in [4.69, 9.17) is 4.42 Å². The predicted molar refractivity (Wildman–Crippen MR) is 98.8 cm³/mol. The van der Waals surface area contributed by atoms with Gasteiger partial charge >= 0.3 is 0 Å². The largest absolute Gasteiger partial charge is 0.457 e. The fourth-order valence-electron chi connectivity index (χ4n) is 2.89. The lowest BCUT2D eigenvalue weighted by molar-refractivity contribution is -0.141. The second-order valence-corrected chi connectivity index (χ2v) is 6.31. The maximum absolute atomic E-state index is 12.8. The highest BCUT2D eigenvalue weighted by Crippen LogP contribution is 2.29. The van der Waals surface area contributed by atoms with Crippen LogP contribution in [0.15, 0.2) is 63.6 Å². The number of carbonyl (C=O) groups excluding carboxylic acids is 2. The van der Waals surface area contributed by atoms with Crippen molar-refractivity contribution in [2.75, 3.05) is 6.54 Å². The van der Waals surface area contributed by atoms with Gasteiger partial charge in [0, 0.05) is 11.1 Å². The lowest BCUT2D eigenvalue weighted by Crippen LogP contribution is -2.45. The van der Waals surface area contributed by atoms with Crippen molar-refractivity contribution in [3.63, 3.8) is 0 Å². The highest BCUT2D eigenvalue weighted by Gasteiger charge is 2.36. The van der Waals surface area contributed by atoms with Crippen LogP contribution in [0.4, 0.5) is 0 Å². The average Bonchev–Trinajstić information content (AvgIpc) is 3.12. The summed E-state index contributed by atoms with van der Waals surface area (Å²) in [4.78, 5) is 26.0. The van der Waals surface area contributed by atoms with E-state index in [-0.39, 0.29) is 17.7 Å². The fraction of sp³-hybridized carbons (Fsp3) is 0.190. The minimum atomic E-state index is -0.897. The molecule has 27 heavy (non-hydrogen) atoms. The van der Waals surface area contributed by atoms with Crippen molar-refractivity contribution < 1.29 is 19.1 Å². The minimum absolute atomic E-state index is 0.115. The summed E-state index contributed by atoms with van der Waals surface area (Å²) in [6.07, 6.45) is 0.619. The van der Waals surface area contributed by atoms with Crippen LogP contribution in [-0.2, 0) is 9.59 Å². The summed E-state index contributed by atoms with van der Waals surface area (Å²) in [6, 6.07) is 14.9. The Morgan fingerprint density at radius 2 is 1.89 bits per heavy atom. The third-order valence-corrected chi connectivity index (χ3v) is 4.24. The van der Waals surface area contributed by atoms with Crippen LogP contribution in [0.5, 0.6) is 0 Å².